The topological polar surface area (TPSA) is 47.6 Å². The van der Waals surface area contributed by atoms with Crippen molar-refractivity contribution in [1.29, 1.82) is 0 Å². The zero-order valence-corrected chi connectivity index (χ0v) is 9.93. The van der Waals surface area contributed by atoms with Crippen molar-refractivity contribution in [2.75, 3.05) is 13.3 Å². The van der Waals surface area contributed by atoms with Crippen LogP contribution < -0.4 is 5.32 Å². The van der Waals surface area contributed by atoms with Crippen LogP contribution in [0.15, 0.2) is 0 Å². The fraction of sp³-hybridized carbons (Fsp3) is 0.909. The second kappa shape index (κ2) is 3.32. The normalized spacial score (nSPS) is 36.8. The molecule has 2 bridgehead atoms. The van der Waals surface area contributed by atoms with Gasteiger partial charge in [-0.1, -0.05) is 0 Å². The zero-order chi connectivity index (χ0) is 12.0. The Bertz CT molecular complexity index is 305. The molecule has 1 saturated carbocycles. The van der Waals surface area contributed by atoms with Gasteiger partial charge in [0, 0.05) is 12.8 Å². The standard InChI is InChI=1S/C11H18FNO3/c1-9(2,3)16-8(14)13-10-4-11(5-10,6-12)15-7-10/h4-7H2,1-3H3,(H,13,14). The number of alkyl carbamates (subject to hydrolysis) is 1. The van der Waals surface area contributed by atoms with Gasteiger partial charge in [-0.15, -0.1) is 0 Å². The van der Waals surface area contributed by atoms with Gasteiger partial charge in [0.25, 0.3) is 0 Å². The van der Waals surface area contributed by atoms with E-state index in [-0.39, 0.29) is 0 Å². The number of hydrogen-bond acceptors (Lipinski definition) is 3. The molecule has 92 valence electrons. The fourth-order valence-corrected chi connectivity index (χ4v) is 2.45. The first kappa shape index (κ1) is 11.6. The first-order valence-corrected chi connectivity index (χ1v) is 5.49. The van der Waals surface area contributed by atoms with Crippen molar-refractivity contribution in [2.24, 2.45) is 0 Å². The molecule has 2 heterocycles. The van der Waals surface area contributed by atoms with Gasteiger partial charge in [0.05, 0.1) is 12.1 Å². The van der Waals surface area contributed by atoms with Crippen LogP contribution in [0.4, 0.5) is 9.18 Å². The SMILES string of the molecule is CC(C)(C)OC(=O)NC12COC(CF)(C1)C2. The van der Waals surface area contributed by atoms with E-state index in [0.29, 0.717) is 19.4 Å². The van der Waals surface area contributed by atoms with Crippen LogP contribution in [0.5, 0.6) is 0 Å². The zero-order valence-electron chi connectivity index (χ0n) is 9.93. The Morgan fingerprint density at radius 3 is 2.56 bits per heavy atom. The minimum absolute atomic E-state index is 0.385. The Kier molecular flexibility index (Phi) is 2.42. The summed E-state index contributed by atoms with van der Waals surface area (Å²) >= 11 is 0. The van der Waals surface area contributed by atoms with E-state index in [1.807, 2.05) is 20.8 Å². The third-order valence-electron chi connectivity index (χ3n) is 2.99. The monoisotopic (exact) mass is 231 g/mol. The average molecular weight is 231 g/mol. The van der Waals surface area contributed by atoms with Gasteiger partial charge in [-0.2, -0.15) is 0 Å². The summed E-state index contributed by atoms with van der Waals surface area (Å²) in [7, 11) is 0. The van der Waals surface area contributed by atoms with Gasteiger partial charge < -0.3 is 14.8 Å². The Hall–Kier alpha value is -0.840. The summed E-state index contributed by atoms with van der Waals surface area (Å²) < 4.78 is 23.1. The molecule has 0 atom stereocenters. The van der Waals surface area contributed by atoms with E-state index in [4.69, 9.17) is 9.47 Å². The molecule has 1 amide bonds. The molecular formula is C11H18FNO3. The second-order valence-corrected chi connectivity index (χ2v) is 5.87. The van der Waals surface area contributed by atoms with Crippen LogP contribution in [-0.2, 0) is 9.47 Å². The Morgan fingerprint density at radius 1 is 1.50 bits per heavy atom. The Balaban J connectivity index is 1.87. The lowest BCUT2D eigenvalue weighted by Crippen LogP contribution is -2.60. The largest absolute Gasteiger partial charge is 0.444 e. The second-order valence-electron chi connectivity index (χ2n) is 5.87. The molecule has 0 aromatic heterocycles. The van der Waals surface area contributed by atoms with Crippen LogP contribution >= 0.6 is 0 Å². The smallest absolute Gasteiger partial charge is 0.408 e. The molecule has 0 aromatic carbocycles. The van der Waals surface area contributed by atoms with E-state index in [1.165, 1.54) is 0 Å². The summed E-state index contributed by atoms with van der Waals surface area (Å²) in [6.45, 7) is 5.33. The highest BCUT2D eigenvalue weighted by atomic mass is 19.1. The van der Waals surface area contributed by atoms with Crippen molar-refractivity contribution in [3.63, 3.8) is 0 Å². The van der Waals surface area contributed by atoms with Crippen molar-refractivity contribution in [3.8, 4) is 0 Å². The molecule has 2 aliphatic heterocycles. The molecule has 1 aliphatic carbocycles. The highest BCUT2D eigenvalue weighted by molar-refractivity contribution is 5.69. The van der Waals surface area contributed by atoms with E-state index >= 15 is 0 Å². The molecule has 16 heavy (non-hydrogen) atoms. The Morgan fingerprint density at radius 2 is 2.12 bits per heavy atom. The van der Waals surface area contributed by atoms with Crippen molar-refractivity contribution < 1.29 is 18.7 Å². The molecule has 2 saturated heterocycles. The van der Waals surface area contributed by atoms with Crippen molar-refractivity contribution >= 4 is 6.09 Å². The van der Waals surface area contributed by atoms with Gasteiger partial charge in [0.15, 0.2) is 0 Å². The van der Waals surface area contributed by atoms with Crippen molar-refractivity contribution in [3.05, 3.63) is 0 Å². The van der Waals surface area contributed by atoms with E-state index in [9.17, 15) is 9.18 Å². The maximum absolute atomic E-state index is 12.6. The number of nitrogens with one attached hydrogen (secondary N) is 1. The van der Waals surface area contributed by atoms with Crippen LogP contribution in [0, 0.1) is 0 Å². The summed E-state index contributed by atoms with van der Waals surface area (Å²) in [5, 5.41) is 2.78. The molecule has 3 aliphatic rings. The number of carbonyl (C=O) groups is 1. The van der Waals surface area contributed by atoms with Crippen LogP contribution in [0.2, 0.25) is 0 Å². The molecular weight excluding hydrogens is 213 g/mol. The minimum atomic E-state index is -0.630. The summed E-state index contributed by atoms with van der Waals surface area (Å²) in [5.41, 5.74) is -1.54. The number of halogens is 1. The summed E-state index contributed by atoms with van der Waals surface area (Å²) in [6, 6.07) is 0. The van der Waals surface area contributed by atoms with Crippen LogP contribution in [0.25, 0.3) is 0 Å². The number of ether oxygens (including phenoxy) is 2. The molecule has 0 radical (unpaired) electrons. The summed E-state index contributed by atoms with van der Waals surface area (Å²) in [5.74, 6) is 0. The van der Waals surface area contributed by atoms with E-state index in [1.54, 1.807) is 0 Å². The molecule has 3 fully saturated rings. The molecule has 0 aromatic rings. The van der Waals surface area contributed by atoms with Crippen LogP contribution in [0.1, 0.15) is 33.6 Å². The summed E-state index contributed by atoms with van der Waals surface area (Å²) in [6.07, 6.45) is 0.649. The van der Waals surface area contributed by atoms with Gasteiger partial charge in [0.1, 0.15) is 17.9 Å². The lowest BCUT2D eigenvalue weighted by Gasteiger charge is -2.43. The quantitative estimate of drug-likeness (QED) is 0.788. The first-order chi connectivity index (χ1) is 7.28. The number of fused-ring (bicyclic) bond motifs is 1. The van der Waals surface area contributed by atoms with Crippen molar-refractivity contribution in [2.45, 2.75) is 50.4 Å². The maximum Gasteiger partial charge on any atom is 0.408 e. The number of alkyl halides is 1. The predicted octanol–water partition coefficient (Wildman–Crippen LogP) is 1.78. The highest BCUT2D eigenvalue weighted by Gasteiger charge is 2.63. The predicted molar refractivity (Wildman–Crippen MR) is 56.0 cm³/mol. The van der Waals surface area contributed by atoms with Gasteiger partial charge in [0.2, 0.25) is 0 Å². The van der Waals surface area contributed by atoms with E-state index in [2.05, 4.69) is 5.32 Å². The van der Waals surface area contributed by atoms with Gasteiger partial charge in [-0.05, 0) is 20.8 Å². The molecule has 4 nitrogen and oxygen atoms in total. The molecule has 0 spiro atoms. The minimum Gasteiger partial charge on any atom is -0.444 e. The third kappa shape index (κ3) is 2.00. The number of rotatable bonds is 2. The molecule has 1 N–H and O–H groups in total. The van der Waals surface area contributed by atoms with Gasteiger partial charge in [-0.25, -0.2) is 9.18 Å². The molecule has 5 heteroatoms. The average Bonchev–Trinajstić information content (AvgIpc) is 2.55. The van der Waals surface area contributed by atoms with E-state index < -0.39 is 29.5 Å². The fourth-order valence-electron chi connectivity index (χ4n) is 2.45. The van der Waals surface area contributed by atoms with Gasteiger partial charge in [-0.3, -0.25) is 0 Å². The lowest BCUT2D eigenvalue weighted by atomic mass is 9.69. The van der Waals surface area contributed by atoms with Crippen LogP contribution in [-0.4, -0.2) is 36.1 Å². The molecule has 3 rings (SSSR count). The lowest BCUT2D eigenvalue weighted by molar-refractivity contribution is -0.0275. The van der Waals surface area contributed by atoms with E-state index in [0.717, 1.165) is 0 Å². The first-order valence-electron chi connectivity index (χ1n) is 5.49. The van der Waals surface area contributed by atoms with Crippen molar-refractivity contribution in [1.82, 2.24) is 5.32 Å². The number of carbonyl (C=O) groups excluding carboxylic acids is 1. The Labute approximate surface area is 94.5 Å². The maximum atomic E-state index is 12.6. The number of hydrogen-bond donors (Lipinski definition) is 1. The van der Waals surface area contributed by atoms with Gasteiger partial charge >= 0.3 is 6.09 Å². The number of amides is 1. The highest BCUT2D eigenvalue weighted by Crippen LogP contribution is 2.51. The van der Waals surface area contributed by atoms with Crippen LogP contribution in [0.3, 0.4) is 0 Å². The summed E-state index contributed by atoms with van der Waals surface area (Å²) in [4.78, 5) is 11.6. The third-order valence-corrected chi connectivity index (χ3v) is 2.99. The molecule has 0 unspecified atom stereocenters.